The minimum atomic E-state index is -4.68. The molecule has 4 rings (SSSR count). The van der Waals surface area contributed by atoms with Crippen LogP contribution < -0.4 is 14.2 Å². The molecule has 50 heavy (non-hydrogen) atoms. The summed E-state index contributed by atoms with van der Waals surface area (Å²) in [5, 5.41) is 11.8. The molecule has 1 aliphatic rings. The molecule has 0 unspecified atom stereocenters. The second kappa shape index (κ2) is 16.7. The van der Waals surface area contributed by atoms with Gasteiger partial charge in [-0.15, -0.1) is 26.4 Å². The van der Waals surface area contributed by atoms with Crippen LogP contribution in [-0.2, 0) is 47.7 Å². The minimum absolute atomic E-state index is 0.000400. The normalized spacial score (nSPS) is 15.3. The molecule has 1 aromatic heterocycles. The molecular weight excluding hydrogens is 727 g/mol. The second-order valence-electron chi connectivity index (χ2n) is 10.3. The number of amides is 2. The van der Waals surface area contributed by atoms with Crippen LogP contribution in [0.4, 0.5) is 9.59 Å². The molecule has 270 valence electrons. The van der Waals surface area contributed by atoms with E-state index in [1.165, 1.54) is 60.5 Å². The van der Waals surface area contributed by atoms with Crippen molar-refractivity contribution in [1.82, 2.24) is 13.9 Å². The third kappa shape index (κ3) is 9.41. The van der Waals surface area contributed by atoms with Crippen molar-refractivity contribution in [2.45, 2.75) is 41.0 Å². The highest BCUT2D eigenvalue weighted by Crippen LogP contribution is 2.42. The number of carbonyl (C=O) groups excluding carboxylic acids is 2. The van der Waals surface area contributed by atoms with Crippen LogP contribution in [0.3, 0.4) is 0 Å². The van der Waals surface area contributed by atoms with Gasteiger partial charge in [0.05, 0.1) is 6.04 Å². The molecule has 0 spiro atoms. The smallest absolute Gasteiger partial charge is 0.410 e. The maximum Gasteiger partial charge on any atom is 0.426 e. The van der Waals surface area contributed by atoms with Crippen LogP contribution >= 0.6 is 11.3 Å². The fourth-order valence-electron chi connectivity index (χ4n) is 4.76. The van der Waals surface area contributed by atoms with Crippen LogP contribution in [0, 0.1) is 15.0 Å². The second-order valence-corrected chi connectivity index (χ2v) is 15.4. The number of fused-ring (bicyclic) bond motifs is 1. The van der Waals surface area contributed by atoms with E-state index in [1.54, 1.807) is 11.6 Å². The molecule has 3 aromatic rings. The summed E-state index contributed by atoms with van der Waals surface area (Å²) in [6.45, 7) is 1.17. The fraction of sp³-hybridized carbons (Fsp3) is 0.357. The molecule has 19 nitrogen and oxygen atoms in total. The van der Waals surface area contributed by atoms with E-state index in [0.29, 0.717) is 28.9 Å². The zero-order valence-electron chi connectivity index (χ0n) is 26.5. The number of hydrogen-bond donors (Lipinski definition) is 1. The lowest BCUT2D eigenvalue weighted by Gasteiger charge is -2.37. The summed E-state index contributed by atoms with van der Waals surface area (Å²) in [4.78, 5) is 56.6. The first-order valence-corrected chi connectivity index (χ1v) is 18.3. The van der Waals surface area contributed by atoms with Gasteiger partial charge in [-0.25, -0.2) is 31.1 Å². The van der Waals surface area contributed by atoms with Gasteiger partial charge in [-0.1, -0.05) is 24.3 Å². The standard InChI is InChI=1S/C28H31N5O14S3/c1-3-32(28(35)47-22-11-7-20(8-12-22)18-45-33(37)38)24-16-31(13-4-14-43-2)50(41,42)26-23(24)15-25(48-26)49(39,40)29-27(34)46-21-9-5-19(6-10-21)17-44-30-36/h5-12,15,24H,3-4,13-14,16-18H2,1-2H3,(H,29,34)/t24-/m0/s1. The molecular formula is C28H31N5O14S3. The van der Waals surface area contributed by atoms with Gasteiger partial charge in [0.15, 0.2) is 5.34 Å². The number of benzene rings is 2. The lowest BCUT2D eigenvalue weighted by atomic mass is 10.1. The van der Waals surface area contributed by atoms with Crippen LogP contribution in [0.1, 0.15) is 36.1 Å². The first kappa shape index (κ1) is 37.9. The Morgan fingerprint density at radius 3 is 2.28 bits per heavy atom. The van der Waals surface area contributed by atoms with E-state index in [2.05, 4.69) is 15.0 Å². The van der Waals surface area contributed by atoms with E-state index in [4.69, 9.17) is 14.2 Å². The Morgan fingerprint density at radius 1 is 1.08 bits per heavy atom. The number of sulfonamides is 2. The predicted molar refractivity (Wildman–Crippen MR) is 172 cm³/mol. The van der Waals surface area contributed by atoms with Crippen LogP contribution in [0.5, 0.6) is 11.5 Å². The summed E-state index contributed by atoms with van der Waals surface area (Å²) in [6, 6.07) is 11.3. The van der Waals surface area contributed by atoms with Gasteiger partial charge < -0.3 is 23.9 Å². The first-order valence-electron chi connectivity index (χ1n) is 14.5. The Kier molecular flexibility index (Phi) is 12.6. The van der Waals surface area contributed by atoms with E-state index in [0.717, 1.165) is 10.4 Å². The van der Waals surface area contributed by atoms with Gasteiger partial charge in [0.25, 0.3) is 25.1 Å². The number of methoxy groups -OCH3 is 1. The monoisotopic (exact) mass is 757 g/mol. The van der Waals surface area contributed by atoms with Crippen LogP contribution in [0.15, 0.2) is 68.4 Å². The molecule has 0 saturated carbocycles. The number of nitrogens with zero attached hydrogens (tertiary/aromatic N) is 4. The van der Waals surface area contributed by atoms with E-state index >= 15 is 0 Å². The van der Waals surface area contributed by atoms with E-state index in [1.807, 2.05) is 0 Å². The number of nitrogens with one attached hydrogen (secondary N) is 1. The summed E-state index contributed by atoms with van der Waals surface area (Å²) in [5.41, 5.74) is 0.953. The average Bonchev–Trinajstić information content (AvgIpc) is 3.54. The van der Waals surface area contributed by atoms with Gasteiger partial charge in [-0.3, -0.25) is 4.90 Å². The molecule has 2 aromatic carbocycles. The molecule has 1 N–H and O–H groups in total. The minimum Gasteiger partial charge on any atom is -0.410 e. The topological polar surface area (TPSA) is 240 Å². The molecule has 2 amide bonds. The maximum absolute atomic E-state index is 13.7. The third-order valence-electron chi connectivity index (χ3n) is 7.09. The lowest BCUT2D eigenvalue weighted by molar-refractivity contribution is -0.763. The van der Waals surface area contributed by atoms with Crippen molar-refractivity contribution in [1.29, 1.82) is 0 Å². The lowest BCUT2D eigenvalue weighted by Crippen LogP contribution is -2.47. The quantitative estimate of drug-likeness (QED) is 0.0948. The highest BCUT2D eigenvalue weighted by molar-refractivity contribution is 7.94. The molecule has 0 fully saturated rings. The third-order valence-corrected chi connectivity index (χ3v) is 12.4. The summed E-state index contributed by atoms with van der Waals surface area (Å²) in [6.07, 6.45) is -1.97. The van der Waals surface area contributed by atoms with E-state index in [9.17, 15) is 41.4 Å². The SMILES string of the molecule is CCN(C(=O)Oc1ccc(CO[N+](=O)[O-])cc1)[C@H]1CN(CCCOC)S(=O)(=O)c2sc(S(=O)(=O)NC(=O)Oc3ccc(CON=O)cc3)cc21. The van der Waals surface area contributed by atoms with Crippen LogP contribution in [0.25, 0.3) is 0 Å². The summed E-state index contributed by atoms with van der Waals surface area (Å²) in [5.74, 6) is 0.0353. The van der Waals surface area contributed by atoms with Gasteiger partial charge >= 0.3 is 12.2 Å². The highest BCUT2D eigenvalue weighted by Gasteiger charge is 2.44. The highest BCUT2D eigenvalue weighted by atomic mass is 32.3. The largest absolute Gasteiger partial charge is 0.426 e. The van der Waals surface area contributed by atoms with Crippen molar-refractivity contribution in [3.63, 3.8) is 0 Å². The number of rotatable bonds is 16. The average molecular weight is 758 g/mol. The number of hydrogen-bond acceptors (Lipinski definition) is 16. The van der Waals surface area contributed by atoms with Gasteiger partial charge in [-0.2, -0.15) is 4.31 Å². The van der Waals surface area contributed by atoms with E-state index in [-0.39, 0.29) is 60.7 Å². The van der Waals surface area contributed by atoms with Crippen molar-refractivity contribution in [3.05, 3.63) is 86.3 Å². The van der Waals surface area contributed by atoms with Crippen LogP contribution in [0.2, 0.25) is 0 Å². The first-order chi connectivity index (χ1) is 23.8. The summed E-state index contributed by atoms with van der Waals surface area (Å²) in [7, 11) is -7.49. The molecule has 2 heterocycles. The molecule has 0 radical (unpaired) electrons. The van der Waals surface area contributed by atoms with Crippen molar-refractivity contribution in [3.8, 4) is 11.5 Å². The Hall–Kier alpha value is -4.90. The number of likely N-dealkylation sites (N-methyl/N-ethyl adjacent to an activating group) is 1. The van der Waals surface area contributed by atoms with Crippen molar-refractivity contribution in [2.75, 3.05) is 33.4 Å². The van der Waals surface area contributed by atoms with Crippen molar-refractivity contribution >= 4 is 43.6 Å². The van der Waals surface area contributed by atoms with Gasteiger partial charge in [-0.05, 0) is 54.8 Å². The Morgan fingerprint density at radius 2 is 1.70 bits per heavy atom. The van der Waals surface area contributed by atoms with Crippen LogP contribution in [-0.4, -0.2) is 76.7 Å². The van der Waals surface area contributed by atoms with Gasteiger partial charge in [0.2, 0.25) is 0 Å². The van der Waals surface area contributed by atoms with Crippen molar-refractivity contribution < 1.29 is 55.4 Å². The van der Waals surface area contributed by atoms with Gasteiger partial charge in [0.1, 0.15) is 33.1 Å². The molecule has 22 heteroatoms. The number of ether oxygens (including phenoxy) is 3. The maximum atomic E-state index is 13.7. The molecule has 0 saturated heterocycles. The predicted octanol–water partition coefficient (Wildman–Crippen LogP) is 3.73. The Bertz CT molecular complexity index is 1900. The molecule has 1 aliphatic heterocycles. The number of carbonyl (C=O) groups is 2. The zero-order valence-corrected chi connectivity index (χ0v) is 28.9. The van der Waals surface area contributed by atoms with Gasteiger partial charge in [0, 0.05) is 38.9 Å². The molecule has 0 bridgehead atoms. The number of thiophene rings is 1. The summed E-state index contributed by atoms with van der Waals surface area (Å²) >= 11 is 0.400. The Balaban J connectivity index is 1.59. The van der Waals surface area contributed by atoms with Crippen molar-refractivity contribution in [2.24, 2.45) is 5.34 Å². The molecule has 0 aliphatic carbocycles. The van der Waals surface area contributed by atoms with E-state index < -0.39 is 47.6 Å². The fourth-order valence-corrected chi connectivity index (χ4v) is 9.50. The zero-order chi connectivity index (χ0) is 36.5. The summed E-state index contributed by atoms with van der Waals surface area (Å²) < 4.78 is 71.7. The molecule has 1 atom stereocenters. The Labute approximate surface area is 289 Å².